The van der Waals surface area contributed by atoms with Crippen LogP contribution >= 0.6 is 34.8 Å². The van der Waals surface area contributed by atoms with Crippen LogP contribution in [0.4, 0.5) is 0 Å². The SMILES string of the molecule is CC(C)(C)CC(C)(C)c1ccc(OC(=O)c2c(Cl)ccc(Cl)c2Cl)cc1. The Hall–Kier alpha value is -1.22. The summed E-state index contributed by atoms with van der Waals surface area (Å²) in [5, 5.41) is 0.543. The molecule has 0 unspecified atom stereocenters. The highest BCUT2D eigenvalue weighted by molar-refractivity contribution is 6.46. The van der Waals surface area contributed by atoms with Gasteiger partial charge in [0.2, 0.25) is 0 Å². The Morgan fingerprint density at radius 3 is 1.96 bits per heavy atom. The molecular formula is C21H23Cl3O2. The molecule has 0 heterocycles. The van der Waals surface area contributed by atoms with E-state index >= 15 is 0 Å². The number of ether oxygens (including phenoxy) is 1. The van der Waals surface area contributed by atoms with Gasteiger partial charge in [0, 0.05) is 0 Å². The van der Waals surface area contributed by atoms with Gasteiger partial charge in [0.25, 0.3) is 0 Å². The predicted octanol–water partition coefficient (Wildman–Crippen LogP) is 7.58. The third-order valence-electron chi connectivity index (χ3n) is 4.07. The van der Waals surface area contributed by atoms with Crippen LogP contribution in [0.5, 0.6) is 5.75 Å². The highest BCUT2D eigenvalue weighted by Crippen LogP contribution is 2.37. The first-order valence-electron chi connectivity index (χ1n) is 8.37. The van der Waals surface area contributed by atoms with Crippen LogP contribution in [0.3, 0.4) is 0 Å². The maximum Gasteiger partial charge on any atom is 0.346 e. The van der Waals surface area contributed by atoms with Gasteiger partial charge in [-0.25, -0.2) is 4.79 Å². The van der Waals surface area contributed by atoms with E-state index in [1.807, 2.05) is 12.1 Å². The summed E-state index contributed by atoms with van der Waals surface area (Å²) in [5.74, 6) is -0.207. The maximum absolute atomic E-state index is 12.4. The summed E-state index contributed by atoms with van der Waals surface area (Å²) in [4.78, 5) is 12.4. The molecule has 0 N–H and O–H groups in total. The van der Waals surface area contributed by atoms with E-state index in [-0.39, 0.29) is 31.5 Å². The molecule has 0 aliphatic rings. The molecule has 2 rings (SSSR count). The van der Waals surface area contributed by atoms with Crippen LogP contribution < -0.4 is 4.74 Å². The zero-order valence-corrected chi connectivity index (χ0v) is 17.9. The van der Waals surface area contributed by atoms with Crippen molar-refractivity contribution in [2.75, 3.05) is 0 Å². The summed E-state index contributed by atoms with van der Waals surface area (Å²) in [6.45, 7) is 11.1. The number of halogens is 3. The lowest BCUT2D eigenvalue weighted by molar-refractivity contribution is 0.0735. The van der Waals surface area contributed by atoms with Crippen LogP contribution in [0, 0.1) is 5.41 Å². The molecule has 5 heteroatoms. The second kappa shape index (κ2) is 7.80. The van der Waals surface area contributed by atoms with E-state index in [1.54, 1.807) is 12.1 Å². The summed E-state index contributed by atoms with van der Waals surface area (Å²) in [6, 6.07) is 10.6. The predicted molar refractivity (Wildman–Crippen MR) is 110 cm³/mol. The fraction of sp³-hybridized carbons (Fsp3) is 0.381. The molecule has 2 aromatic rings. The fourth-order valence-electron chi connectivity index (χ4n) is 3.27. The molecule has 0 bridgehead atoms. The molecule has 0 spiro atoms. The molecule has 2 aromatic carbocycles. The first kappa shape index (κ1) is 21.1. The maximum atomic E-state index is 12.4. The van der Waals surface area contributed by atoms with Crippen LogP contribution in [0.15, 0.2) is 36.4 Å². The summed E-state index contributed by atoms with van der Waals surface area (Å²) in [5.41, 5.74) is 1.48. The normalized spacial score (nSPS) is 12.2. The van der Waals surface area contributed by atoms with Gasteiger partial charge in [-0.2, -0.15) is 0 Å². The van der Waals surface area contributed by atoms with Gasteiger partial charge in [-0.05, 0) is 47.1 Å². The van der Waals surface area contributed by atoms with Crippen LogP contribution in [-0.4, -0.2) is 5.97 Å². The number of carbonyl (C=O) groups is 1. The Morgan fingerprint density at radius 1 is 0.885 bits per heavy atom. The Bertz CT molecular complexity index is 803. The Balaban J connectivity index is 2.20. The molecule has 0 atom stereocenters. The van der Waals surface area contributed by atoms with Gasteiger partial charge in [-0.3, -0.25) is 0 Å². The summed E-state index contributed by atoms with van der Waals surface area (Å²) < 4.78 is 5.42. The molecule has 0 aliphatic carbocycles. The minimum absolute atomic E-state index is 0.0142. The van der Waals surface area contributed by atoms with Gasteiger partial charge < -0.3 is 4.74 Å². The molecule has 0 saturated carbocycles. The van der Waals surface area contributed by atoms with Crippen molar-refractivity contribution < 1.29 is 9.53 Å². The van der Waals surface area contributed by atoms with Crippen LogP contribution in [0.1, 0.15) is 57.0 Å². The smallest absolute Gasteiger partial charge is 0.346 e. The second-order valence-corrected chi connectivity index (χ2v) is 9.45. The van der Waals surface area contributed by atoms with E-state index in [0.29, 0.717) is 5.75 Å². The van der Waals surface area contributed by atoms with Crippen molar-refractivity contribution in [1.29, 1.82) is 0 Å². The molecule has 0 amide bonds. The second-order valence-electron chi connectivity index (χ2n) is 8.25. The summed E-state index contributed by atoms with van der Waals surface area (Å²) in [7, 11) is 0. The van der Waals surface area contributed by atoms with Crippen molar-refractivity contribution in [3.63, 3.8) is 0 Å². The van der Waals surface area contributed by atoms with Crippen molar-refractivity contribution in [2.24, 2.45) is 5.41 Å². The van der Waals surface area contributed by atoms with Gasteiger partial charge in [0.15, 0.2) is 0 Å². The average Bonchev–Trinajstić information content (AvgIpc) is 2.49. The summed E-state index contributed by atoms with van der Waals surface area (Å²) in [6.07, 6.45) is 1.03. The largest absolute Gasteiger partial charge is 0.423 e. The quantitative estimate of drug-likeness (QED) is 0.293. The third kappa shape index (κ3) is 5.16. The fourth-order valence-corrected chi connectivity index (χ4v) is 3.96. The molecule has 0 fully saturated rings. The number of rotatable bonds is 4. The molecule has 26 heavy (non-hydrogen) atoms. The lowest BCUT2D eigenvalue weighted by Gasteiger charge is -2.33. The Labute approximate surface area is 170 Å². The molecule has 140 valence electrons. The van der Waals surface area contributed by atoms with Gasteiger partial charge in [-0.15, -0.1) is 0 Å². The number of esters is 1. The number of carbonyl (C=O) groups excluding carboxylic acids is 1. The van der Waals surface area contributed by atoms with Gasteiger partial charge >= 0.3 is 5.97 Å². The molecule has 0 radical (unpaired) electrons. The molecule has 2 nitrogen and oxygen atoms in total. The van der Waals surface area contributed by atoms with E-state index in [0.717, 1.165) is 6.42 Å². The number of hydrogen-bond acceptors (Lipinski definition) is 2. The topological polar surface area (TPSA) is 26.3 Å². The van der Waals surface area contributed by atoms with Crippen LogP contribution in [-0.2, 0) is 5.41 Å². The van der Waals surface area contributed by atoms with Crippen LogP contribution in [0.2, 0.25) is 15.1 Å². The number of benzene rings is 2. The zero-order valence-electron chi connectivity index (χ0n) is 15.6. The van der Waals surface area contributed by atoms with Gasteiger partial charge in [-0.1, -0.05) is 81.6 Å². The van der Waals surface area contributed by atoms with E-state index in [1.165, 1.54) is 17.7 Å². The summed E-state index contributed by atoms with van der Waals surface area (Å²) >= 11 is 18.1. The van der Waals surface area contributed by atoms with Crippen molar-refractivity contribution in [2.45, 2.75) is 46.5 Å². The van der Waals surface area contributed by atoms with Crippen molar-refractivity contribution in [3.8, 4) is 5.75 Å². The molecule has 0 saturated heterocycles. The zero-order chi connectivity index (χ0) is 19.7. The lowest BCUT2D eigenvalue weighted by atomic mass is 9.72. The minimum Gasteiger partial charge on any atom is -0.423 e. The first-order valence-corrected chi connectivity index (χ1v) is 9.50. The lowest BCUT2D eigenvalue weighted by Crippen LogP contribution is -2.24. The first-order chi connectivity index (χ1) is 11.9. The van der Waals surface area contributed by atoms with E-state index < -0.39 is 5.97 Å². The Kier molecular flexibility index (Phi) is 6.32. The number of hydrogen-bond donors (Lipinski definition) is 0. The molecule has 0 aliphatic heterocycles. The molecular weight excluding hydrogens is 391 g/mol. The highest BCUT2D eigenvalue weighted by Gasteiger charge is 2.27. The average molecular weight is 414 g/mol. The third-order valence-corrected chi connectivity index (χ3v) is 5.19. The Morgan fingerprint density at radius 2 is 1.42 bits per heavy atom. The van der Waals surface area contributed by atoms with Crippen molar-refractivity contribution in [3.05, 3.63) is 62.6 Å². The van der Waals surface area contributed by atoms with Crippen molar-refractivity contribution >= 4 is 40.8 Å². The van der Waals surface area contributed by atoms with E-state index in [4.69, 9.17) is 39.5 Å². The van der Waals surface area contributed by atoms with Gasteiger partial charge in [0.05, 0.1) is 20.6 Å². The van der Waals surface area contributed by atoms with Crippen molar-refractivity contribution in [1.82, 2.24) is 0 Å². The highest BCUT2D eigenvalue weighted by atomic mass is 35.5. The standard InChI is InChI=1S/C21H23Cl3O2/c1-20(2,3)12-21(4,5)13-6-8-14(9-7-13)26-19(25)17-15(22)10-11-16(23)18(17)24/h6-11H,12H2,1-5H3. The molecule has 0 aromatic heterocycles. The van der Waals surface area contributed by atoms with E-state index in [2.05, 4.69) is 34.6 Å². The van der Waals surface area contributed by atoms with Crippen LogP contribution in [0.25, 0.3) is 0 Å². The monoisotopic (exact) mass is 412 g/mol. The van der Waals surface area contributed by atoms with Gasteiger partial charge in [0.1, 0.15) is 5.75 Å². The minimum atomic E-state index is -0.635. The van der Waals surface area contributed by atoms with E-state index in [9.17, 15) is 4.79 Å².